The molecule has 2 heterocycles. The number of carbonyl (C=O) groups is 2. The van der Waals surface area contributed by atoms with Gasteiger partial charge in [-0.05, 0) is 29.2 Å². The van der Waals surface area contributed by atoms with Crippen molar-refractivity contribution in [3.05, 3.63) is 93.8 Å². The molecule has 3 aromatic rings. The zero-order chi connectivity index (χ0) is 23.4. The van der Waals surface area contributed by atoms with E-state index in [1.807, 2.05) is 0 Å². The third-order valence-corrected chi connectivity index (χ3v) is 5.02. The van der Waals surface area contributed by atoms with Crippen LogP contribution in [-0.2, 0) is 14.2 Å². The highest BCUT2D eigenvalue weighted by molar-refractivity contribution is 5.90. The van der Waals surface area contributed by atoms with Gasteiger partial charge in [0, 0.05) is 0 Å². The number of ether oxygens (including phenoxy) is 3. The predicted octanol–water partition coefficient (Wildman–Crippen LogP) is 2.20. The smallest absolute Gasteiger partial charge is 0.432 e. The number of esters is 2. The molecule has 1 saturated heterocycles. The molecule has 33 heavy (non-hydrogen) atoms. The Balaban J connectivity index is 1.53. The lowest BCUT2D eigenvalue weighted by atomic mass is 10.1. The van der Waals surface area contributed by atoms with Gasteiger partial charge in [-0.1, -0.05) is 41.4 Å². The number of aromatic nitrogens is 2. The number of rotatable bonds is 7. The number of aromatic amines is 1. The second-order valence-corrected chi connectivity index (χ2v) is 7.19. The molecule has 4 rings (SSSR count). The van der Waals surface area contributed by atoms with Gasteiger partial charge in [0.2, 0.25) is 0 Å². The highest BCUT2D eigenvalue weighted by atomic mass is 16.6. The summed E-state index contributed by atoms with van der Waals surface area (Å²) in [7, 11) is 0. The van der Waals surface area contributed by atoms with Crippen LogP contribution < -0.4 is 0 Å². The molecule has 0 spiro atoms. The molecule has 1 fully saturated rings. The van der Waals surface area contributed by atoms with Crippen molar-refractivity contribution in [2.75, 3.05) is 6.61 Å². The summed E-state index contributed by atoms with van der Waals surface area (Å²) < 4.78 is 16.6. The summed E-state index contributed by atoms with van der Waals surface area (Å²) in [5.41, 5.74) is 0.615. The van der Waals surface area contributed by atoms with Gasteiger partial charge in [0.25, 0.3) is 0 Å². The summed E-state index contributed by atoms with van der Waals surface area (Å²) in [5, 5.41) is 21.8. The molecular formula is C22H19N3O8. The van der Waals surface area contributed by atoms with Crippen molar-refractivity contribution in [1.82, 2.24) is 9.97 Å². The van der Waals surface area contributed by atoms with E-state index >= 15 is 0 Å². The molecular weight excluding hydrogens is 434 g/mol. The average molecular weight is 453 g/mol. The Morgan fingerprint density at radius 1 is 1.06 bits per heavy atom. The monoisotopic (exact) mass is 453 g/mol. The number of H-pyrrole nitrogens is 1. The van der Waals surface area contributed by atoms with Crippen LogP contribution in [0.2, 0.25) is 0 Å². The third kappa shape index (κ3) is 4.89. The number of benzene rings is 2. The summed E-state index contributed by atoms with van der Waals surface area (Å²) in [6, 6.07) is 16.4. The van der Waals surface area contributed by atoms with E-state index in [-0.39, 0.29) is 17.9 Å². The fraction of sp³-hybridized carbons (Fsp3) is 0.227. The fourth-order valence-corrected chi connectivity index (χ4v) is 3.41. The van der Waals surface area contributed by atoms with E-state index < -0.39 is 47.2 Å². The first-order chi connectivity index (χ1) is 15.9. The topological polar surface area (TPSA) is 154 Å². The molecule has 2 N–H and O–H groups in total. The fourth-order valence-electron chi connectivity index (χ4n) is 3.41. The van der Waals surface area contributed by atoms with Crippen molar-refractivity contribution < 1.29 is 33.8 Å². The van der Waals surface area contributed by atoms with Gasteiger partial charge in [0.1, 0.15) is 31.1 Å². The van der Waals surface area contributed by atoms with E-state index in [1.54, 1.807) is 60.7 Å². The lowest BCUT2D eigenvalue weighted by Crippen LogP contribution is -2.38. The minimum atomic E-state index is -1.42. The van der Waals surface area contributed by atoms with Crippen molar-refractivity contribution in [2.45, 2.75) is 24.4 Å². The second-order valence-electron chi connectivity index (χ2n) is 7.19. The van der Waals surface area contributed by atoms with Crippen LogP contribution in [0.4, 0.5) is 5.95 Å². The van der Waals surface area contributed by atoms with E-state index in [1.165, 1.54) is 6.20 Å². The van der Waals surface area contributed by atoms with Crippen LogP contribution in [0.5, 0.6) is 0 Å². The molecule has 170 valence electrons. The number of imidazole rings is 1. The number of carbonyl (C=O) groups excluding carboxylic acids is 2. The van der Waals surface area contributed by atoms with Crippen LogP contribution in [0, 0.1) is 10.1 Å². The van der Waals surface area contributed by atoms with Gasteiger partial charge in [-0.15, -0.1) is 0 Å². The van der Waals surface area contributed by atoms with Crippen molar-refractivity contribution >= 4 is 17.9 Å². The molecule has 11 heteroatoms. The first-order valence-electron chi connectivity index (χ1n) is 9.95. The number of nitrogens with zero attached hydrogens (tertiary/aromatic N) is 2. The van der Waals surface area contributed by atoms with Gasteiger partial charge in [0.15, 0.2) is 11.8 Å². The Labute approximate surface area is 187 Å². The number of aliphatic hydroxyl groups is 1. The van der Waals surface area contributed by atoms with Gasteiger partial charge in [-0.3, -0.25) is 0 Å². The molecule has 4 atom stereocenters. The maximum atomic E-state index is 12.6. The summed E-state index contributed by atoms with van der Waals surface area (Å²) in [6.45, 7) is -0.333. The van der Waals surface area contributed by atoms with Crippen LogP contribution in [0.3, 0.4) is 0 Å². The summed E-state index contributed by atoms with van der Waals surface area (Å²) in [5.74, 6) is -1.87. The molecule has 1 aliphatic rings. The molecule has 0 saturated carbocycles. The van der Waals surface area contributed by atoms with Gasteiger partial charge < -0.3 is 29.4 Å². The maximum absolute atomic E-state index is 12.6. The first kappa shape index (κ1) is 22.1. The molecule has 2 aromatic carbocycles. The zero-order valence-electron chi connectivity index (χ0n) is 17.1. The van der Waals surface area contributed by atoms with Crippen LogP contribution in [0.15, 0.2) is 66.9 Å². The van der Waals surface area contributed by atoms with Crippen molar-refractivity contribution in [3.63, 3.8) is 0 Å². The van der Waals surface area contributed by atoms with E-state index in [0.717, 1.165) is 0 Å². The molecule has 0 radical (unpaired) electrons. The summed E-state index contributed by atoms with van der Waals surface area (Å²) in [4.78, 5) is 41.3. The Morgan fingerprint density at radius 2 is 1.67 bits per heavy atom. The molecule has 0 aliphatic carbocycles. The number of hydrogen-bond donors (Lipinski definition) is 2. The van der Waals surface area contributed by atoms with Crippen molar-refractivity contribution in [1.29, 1.82) is 0 Å². The van der Waals surface area contributed by atoms with Crippen LogP contribution in [-0.4, -0.2) is 56.9 Å². The van der Waals surface area contributed by atoms with Gasteiger partial charge >= 0.3 is 17.9 Å². The zero-order valence-corrected chi connectivity index (χ0v) is 17.1. The Hall–Kier alpha value is -4.09. The van der Waals surface area contributed by atoms with E-state index in [9.17, 15) is 24.8 Å². The van der Waals surface area contributed by atoms with E-state index in [0.29, 0.717) is 5.56 Å². The van der Waals surface area contributed by atoms with Gasteiger partial charge in [-0.25, -0.2) is 14.6 Å². The molecule has 1 aliphatic heterocycles. The van der Waals surface area contributed by atoms with Crippen LogP contribution in [0.1, 0.15) is 32.5 Å². The SMILES string of the molecule is O=C(OC[C@H]1O[C@H](c2c[nH]c([N+](=O)[O-])n2)[C@H](O)[C@@H]1OC(=O)c1ccccc1)c1ccccc1. The molecule has 0 amide bonds. The standard InChI is InChI=1S/C22H19N3O8/c26-17-18(15-11-23-22(24-15)25(29)30)32-16(12-31-20(27)13-7-3-1-4-8-13)19(17)33-21(28)14-9-5-2-6-10-14/h1-11,16-19,26H,12H2,(H,23,24)/t16-,17+,18-,19-/m1/s1. The number of hydrogen-bond acceptors (Lipinski definition) is 9. The minimum Gasteiger partial charge on any atom is -0.459 e. The lowest BCUT2D eigenvalue weighted by Gasteiger charge is -2.20. The molecule has 0 bridgehead atoms. The van der Waals surface area contributed by atoms with Crippen molar-refractivity contribution in [3.8, 4) is 0 Å². The van der Waals surface area contributed by atoms with Gasteiger partial charge in [-0.2, -0.15) is 0 Å². The third-order valence-electron chi connectivity index (χ3n) is 5.02. The number of nitrogens with one attached hydrogen (secondary N) is 1. The highest BCUT2D eigenvalue weighted by Crippen LogP contribution is 2.35. The average Bonchev–Trinajstić information content (AvgIpc) is 3.44. The summed E-state index contributed by atoms with van der Waals surface area (Å²) in [6.07, 6.45) is -3.60. The number of aliphatic hydroxyl groups excluding tert-OH is 1. The van der Waals surface area contributed by atoms with E-state index in [2.05, 4.69) is 9.97 Å². The van der Waals surface area contributed by atoms with E-state index in [4.69, 9.17) is 14.2 Å². The quantitative estimate of drug-likeness (QED) is 0.311. The van der Waals surface area contributed by atoms with Crippen LogP contribution in [0.25, 0.3) is 0 Å². The molecule has 0 unspecified atom stereocenters. The van der Waals surface area contributed by atoms with Crippen molar-refractivity contribution in [2.24, 2.45) is 0 Å². The number of nitro groups is 1. The lowest BCUT2D eigenvalue weighted by molar-refractivity contribution is -0.393. The predicted molar refractivity (Wildman–Crippen MR) is 111 cm³/mol. The normalized spacial score (nSPS) is 22.0. The first-order valence-corrected chi connectivity index (χ1v) is 9.95. The minimum absolute atomic E-state index is 0.0480. The largest absolute Gasteiger partial charge is 0.459 e. The Morgan fingerprint density at radius 3 is 2.24 bits per heavy atom. The van der Waals surface area contributed by atoms with Gasteiger partial charge in [0.05, 0.1) is 11.1 Å². The summed E-state index contributed by atoms with van der Waals surface area (Å²) >= 11 is 0. The molecule has 1 aromatic heterocycles. The molecule has 11 nitrogen and oxygen atoms in total. The Kier molecular flexibility index (Phi) is 6.43. The maximum Gasteiger partial charge on any atom is 0.432 e. The second kappa shape index (κ2) is 9.59. The Bertz CT molecular complexity index is 1130. The highest BCUT2D eigenvalue weighted by Gasteiger charge is 2.49. The van der Waals surface area contributed by atoms with Crippen LogP contribution >= 0.6 is 0 Å².